The van der Waals surface area contributed by atoms with Crippen LogP contribution in [0.5, 0.6) is 0 Å². The van der Waals surface area contributed by atoms with E-state index in [1.54, 1.807) is 6.07 Å². The average molecular weight is 258 g/mol. The highest BCUT2D eigenvalue weighted by atomic mass is 16.1. The zero-order chi connectivity index (χ0) is 13.4. The van der Waals surface area contributed by atoms with Crippen molar-refractivity contribution < 1.29 is 4.79 Å². The van der Waals surface area contributed by atoms with E-state index in [0.29, 0.717) is 5.56 Å². The molecule has 0 aliphatic carbocycles. The molecule has 19 heavy (non-hydrogen) atoms. The van der Waals surface area contributed by atoms with Gasteiger partial charge in [-0.3, -0.25) is 4.79 Å². The number of carbonyl (C=O) groups is 1. The first kappa shape index (κ1) is 12.0. The van der Waals surface area contributed by atoms with E-state index < -0.39 is 5.91 Å². The van der Waals surface area contributed by atoms with Crippen molar-refractivity contribution in [2.75, 3.05) is 18.0 Å². The number of nitrogens with zero attached hydrogens (tertiary/aromatic N) is 1. The lowest BCUT2D eigenvalue weighted by atomic mass is 10.0. The lowest BCUT2D eigenvalue weighted by Crippen LogP contribution is -2.42. The molecule has 5 N–H and O–H groups in total. The molecule has 1 amide bonds. The number of piperidine rings is 1. The minimum atomic E-state index is -0.408. The van der Waals surface area contributed by atoms with Gasteiger partial charge in [0, 0.05) is 36.4 Å². The topological polar surface area (TPSA) is 88.1 Å². The molecule has 0 saturated carbocycles. The molecule has 3 rings (SSSR count). The van der Waals surface area contributed by atoms with Gasteiger partial charge in [0.25, 0.3) is 5.91 Å². The van der Waals surface area contributed by atoms with Gasteiger partial charge in [0.1, 0.15) is 0 Å². The van der Waals surface area contributed by atoms with Crippen LogP contribution in [0.4, 0.5) is 5.69 Å². The summed E-state index contributed by atoms with van der Waals surface area (Å²) >= 11 is 0. The Labute approximate surface area is 111 Å². The predicted molar refractivity (Wildman–Crippen MR) is 76.2 cm³/mol. The SMILES string of the molecule is NC(=O)c1ccc(N2CCC[C@@H](N)C2)c2cc[nH]c12. The summed E-state index contributed by atoms with van der Waals surface area (Å²) in [6.07, 6.45) is 4.02. The Morgan fingerprint density at radius 1 is 1.37 bits per heavy atom. The highest BCUT2D eigenvalue weighted by Gasteiger charge is 2.20. The quantitative estimate of drug-likeness (QED) is 0.756. The van der Waals surface area contributed by atoms with Crippen LogP contribution in [0, 0.1) is 0 Å². The number of hydrogen-bond donors (Lipinski definition) is 3. The van der Waals surface area contributed by atoms with Crippen LogP contribution >= 0.6 is 0 Å². The fourth-order valence-electron chi connectivity index (χ4n) is 2.85. The smallest absolute Gasteiger partial charge is 0.250 e. The lowest BCUT2D eigenvalue weighted by Gasteiger charge is -2.33. The molecule has 0 spiro atoms. The number of fused-ring (bicyclic) bond motifs is 1. The van der Waals surface area contributed by atoms with Gasteiger partial charge in [-0.25, -0.2) is 0 Å². The molecule has 5 heteroatoms. The molecular formula is C14H18N4O. The van der Waals surface area contributed by atoms with E-state index in [2.05, 4.69) is 9.88 Å². The molecule has 1 atom stereocenters. The molecule has 1 aromatic heterocycles. The first-order valence-corrected chi connectivity index (χ1v) is 6.57. The summed E-state index contributed by atoms with van der Waals surface area (Å²) in [5.41, 5.74) is 13.9. The second-order valence-electron chi connectivity index (χ2n) is 5.11. The Bertz CT molecular complexity index is 619. The summed E-state index contributed by atoms with van der Waals surface area (Å²) in [5.74, 6) is -0.408. The van der Waals surface area contributed by atoms with Gasteiger partial charge >= 0.3 is 0 Å². The summed E-state index contributed by atoms with van der Waals surface area (Å²) in [5, 5.41) is 1.03. The van der Waals surface area contributed by atoms with Gasteiger partial charge in [-0.2, -0.15) is 0 Å². The monoisotopic (exact) mass is 258 g/mol. The van der Waals surface area contributed by atoms with Crippen LogP contribution in [0.3, 0.4) is 0 Å². The number of primary amides is 1. The Hall–Kier alpha value is -2.01. The third kappa shape index (κ3) is 2.06. The van der Waals surface area contributed by atoms with E-state index in [-0.39, 0.29) is 6.04 Å². The Morgan fingerprint density at radius 3 is 2.95 bits per heavy atom. The van der Waals surface area contributed by atoms with Gasteiger partial charge in [0.2, 0.25) is 0 Å². The number of nitrogens with two attached hydrogens (primary N) is 2. The molecule has 100 valence electrons. The standard InChI is InChI=1S/C14H18N4O/c15-9-2-1-7-18(8-9)12-4-3-11(14(16)19)13-10(12)5-6-17-13/h3-6,9,17H,1-2,7-8,15H2,(H2,16,19)/t9-/m1/s1. The highest BCUT2D eigenvalue weighted by Crippen LogP contribution is 2.30. The van der Waals surface area contributed by atoms with Crippen molar-refractivity contribution in [3.8, 4) is 0 Å². The number of anilines is 1. The second kappa shape index (κ2) is 4.59. The zero-order valence-electron chi connectivity index (χ0n) is 10.7. The zero-order valence-corrected chi connectivity index (χ0v) is 10.7. The van der Waals surface area contributed by atoms with E-state index in [9.17, 15) is 4.79 Å². The van der Waals surface area contributed by atoms with Gasteiger partial charge in [-0.15, -0.1) is 0 Å². The van der Waals surface area contributed by atoms with Gasteiger partial charge in [-0.1, -0.05) is 0 Å². The van der Waals surface area contributed by atoms with E-state index in [1.165, 1.54) is 0 Å². The van der Waals surface area contributed by atoms with Crippen molar-refractivity contribution in [3.63, 3.8) is 0 Å². The molecule has 1 aliphatic rings. The van der Waals surface area contributed by atoms with Crippen molar-refractivity contribution in [3.05, 3.63) is 30.0 Å². The predicted octanol–water partition coefficient (Wildman–Crippen LogP) is 1.19. The van der Waals surface area contributed by atoms with Crippen LogP contribution in [-0.2, 0) is 0 Å². The molecule has 1 aliphatic heterocycles. The Kier molecular flexibility index (Phi) is 2.91. The maximum absolute atomic E-state index is 11.4. The van der Waals surface area contributed by atoms with Crippen molar-refractivity contribution in [2.45, 2.75) is 18.9 Å². The van der Waals surface area contributed by atoms with E-state index in [0.717, 1.165) is 42.5 Å². The Balaban J connectivity index is 2.07. The number of H-pyrrole nitrogens is 1. The molecule has 2 heterocycles. The van der Waals surface area contributed by atoms with Crippen molar-refractivity contribution >= 4 is 22.5 Å². The molecule has 1 fully saturated rings. The maximum atomic E-state index is 11.4. The van der Waals surface area contributed by atoms with Crippen LogP contribution in [-0.4, -0.2) is 30.0 Å². The van der Waals surface area contributed by atoms with E-state index in [1.807, 2.05) is 18.3 Å². The largest absolute Gasteiger partial charge is 0.369 e. The summed E-state index contributed by atoms with van der Waals surface area (Å²) in [6.45, 7) is 1.86. The fraction of sp³-hybridized carbons (Fsp3) is 0.357. The van der Waals surface area contributed by atoms with Gasteiger partial charge in [-0.05, 0) is 31.0 Å². The molecule has 0 unspecified atom stereocenters. The second-order valence-corrected chi connectivity index (χ2v) is 5.11. The van der Waals surface area contributed by atoms with Crippen LogP contribution in [0.15, 0.2) is 24.4 Å². The number of carbonyl (C=O) groups excluding carboxylic acids is 1. The molecule has 1 aromatic carbocycles. The lowest BCUT2D eigenvalue weighted by molar-refractivity contribution is 0.100. The number of benzene rings is 1. The average Bonchev–Trinajstić information content (AvgIpc) is 2.86. The molecule has 5 nitrogen and oxygen atoms in total. The number of rotatable bonds is 2. The third-order valence-electron chi connectivity index (χ3n) is 3.76. The number of aromatic amines is 1. The van der Waals surface area contributed by atoms with E-state index in [4.69, 9.17) is 11.5 Å². The molecular weight excluding hydrogens is 240 g/mol. The number of hydrogen-bond acceptors (Lipinski definition) is 3. The molecule has 0 bridgehead atoms. The fourth-order valence-corrected chi connectivity index (χ4v) is 2.85. The minimum absolute atomic E-state index is 0.221. The summed E-state index contributed by atoms with van der Waals surface area (Å²) in [4.78, 5) is 16.8. The summed E-state index contributed by atoms with van der Waals surface area (Å²) < 4.78 is 0. The summed E-state index contributed by atoms with van der Waals surface area (Å²) in [7, 11) is 0. The van der Waals surface area contributed by atoms with Crippen LogP contribution in [0.1, 0.15) is 23.2 Å². The molecule has 0 radical (unpaired) electrons. The highest BCUT2D eigenvalue weighted by molar-refractivity contribution is 6.08. The van der Waals surface area contributed by atoms with Crippen LogP contribution in [0.2, 0.25) is 0 Å². The number of amides is 1. The van der Waals surface area contributed by atoms with Crippen molar-refractivity contribution in [2.24, 2.45) is 11.5 Å². The van der Waals surface area contributed by atoms with Crippen molar-refractivity contribution in [1.82, 2.24) is 4.98 Å². The maximum Gasteiger partial charge on any atom is 0.250 e. The van der Waals surface area contributed by atoms with Crippen LogP contribution < -0.4 is 16.4 Å². The number of nitrogens with one attached hydrogen (secondary N) is 1. The number of aromatic nitrogens is 1. The molecule has 1 saturated heterocycles. The minimum Gasteiger partial charge on any atom is -0.369 e. The van der Waals surface area contributed by atoms with Gasteiger partial charge in [0.05, 0.1) is 11.1 Å². The first-order valence-electron chi connectivity index (χ1n) is 6.57. The summed E-state index contributed by atoms with van der Waals surface area (Å²) in [6, 6.07) is 5.96. The van der Waals surface area contributed by atoms with Crippen molar-refractivity contribution in [1.29, 1.82) is 0 Å². The Morgan fingerprint density at radius 2 is 2.21 bits per heavy atom. The van der Waals surface area contributed by atoms with E-state index >= 15 is 0 Å². The third-order valence-corrected chi connectivity index (χ3v) is 3.76. The normalized spacial score (nSPS) is 19.8. The van der Waals surface area contributed by atoms with Gasteiger partial charge in [0.15, 0.2) is 0 Å². The first-order chi connectivity index (χ1) is 9.16. The van der Waals surface area contributed by atoms with Crippen LogP contribution in [0.25, 0.3) is 10.9 Å². The van der Waals surface area contributed by atoms with Gasteiger partial charge < -0.3 is 21.4 Å². The molecule has 2 aromatic rings.